The van der Waals surface area contributed by atoms with Gasteiger partial charge in [-0.3, -0.25) is 9.69 Å². The van der Waals surface area contributed by atoms with Gasteiger partial charge in [0.2, 0.25) is 10.0 Å². The number of aryl methyl sites for hydroxylation is 1. The smallest absolute Gasteiger partial charge is 0.256 e. The lowest BCUT2D eigenvalue weighted by Crippen LogP contribution is -2.49. The van der Waals surface area contributed by atoms with Crippen LogP contribution in [0.5, 0.6) is 0 Å². The molecule has 0 unspecified atom stereocenters. The highest BCUT2D eigenvalue weighted by Gasteiger charge is 2.44. The number of nitrogens with zero attached hydrogens (tertiary/aromatic N) is 4. The first-order valence-corrected chi connectivity index (χ1v) is 19.2. The molecule has 3 aliphatic rings. The van der Waals surface area contributed by atoms with E-state index in [1.807, 2.05) is 12.1 Å². The molecule has 1 amide bonds. The van der Waals surface area contributed by atoms with Gasteiger partial charge < -0.3 is 9.47 Å². The normalized spacial score (nSPS) is 22.3. The molecule has 0 saturated carbocycles. The molecule has 4 aromatic rings. The molecule has 1 N–H and O–H groups in total. The lowest BCUT2D eigenvalue weighted by Gasteiger charge is -2.45. The van der Waals surface area contributed by atoms with Crippen LogP contribution in [-0.2, 0) is 15.4 Å². The van der Waals surface area contributed by atoms with Crippen molar-refractivity contribution in [2.75, 3.05) is 26.2 Å². The van der Waals surface area contributed by atoms with E-state index in [-0.39, 0.29) is 25.5 Å². The Morgan fingerprint density at radius 2 is 1.66 bits per heavy atom. The minimum absolute atomic E-state index is 0.0810. The van der Waals surface area contributed by atoms with E-state index in [1.54, 1.807) is 19.1 Å². The minimum Gasteiger partial charge on any atom is -0.338 e. The molecule has 0 radical (unpaired) electrons. The van der Waals surface area contributed by atoms with Gasteiger partial charge in [-0.1, -0.05) is 31.2 Å². The number of carbonyl (C=O) groups excluding carboxylic acids is 1. The Morgan fingerprint density at radius 3 is 2.36 bits per heavy atom. The molecular formula is C38H44F3N5O3S. The highest BCUT2D eigenvalue weighted by Crippen LogP contribution is 2.45. The van der Waals surface area contributed by atoms with E-state index >= 15 is 4.39 Å². The maximum atomic E-state index is 15.0. The van der Waals surface area contributed by atoms with Crippen LogP contribution in [-0.4, -0.2) is 71.9 Å². The van der Waals surface area contributed by atoms with Crippen molar-refractivity contribution in [1.29, 1.82) is 0 Å². The average molecular weight is 708 g/mol. The van der Waals surface area contributed by atoms with Crippen LogP contribution in [0.3, 0.4) is 0 Å². The third kappa shape index (κ3) is 6.46. The van der Waals surface area contributed by atoms with E-state index in [1.165, 1.54) is 16.5 Å². The molecule has 0 aliphatic carbocycles. The summed E-state index contributed by atoms with van der Waals surface area (Å²) in [6, 6.07) is 17.5. The number of halogens is 3. The predicted octanol–water partition coefficient (Wildman–Crippen LogP) is 6.88. The van der Waals surface area contributed by atoms with Crippen molar-refractivity contribution in [3.8, 4) is 0 Å². The third-order valence-electron chi connectivity index (χ3n) is 11.4. The van der Waals surface area contributed by atoms with Gasteiger partial charge in [-0.25, -0.2) is 31.3 Å². The second-order valence-corrected chi connectivity index (χ2v) is 16.0. The Hall–Kier alpha value is -3.74. The number of piperidine rings is 2. The molecule has 0 spiro atoms. The van der Waals surface area contributed by atoms with Crippen LogP contribution in [0.25, 0.3) is 11.0 Å². The molecule has 266 valence electrons. The number of likely N-dealkylation sites (tertiary alicyclic amines) is 1. The zero-order valence-electron chi connectivity index (χ0n) is 28.5. The lowest BCUT2D eigenvalue weighted by atomic mass is 9.70. The average Bonchev–Trinajstić information content (AvgIpc) is 3.56. The second-order valence-electron chi connectivity index (χ2n) is 14.3. The van der Waals surface area contributed by atoms with Crippen molar-refractivity contribution < 1.29 is 26.4 Å². The standard InChI is InChI=1S/C38H44F3N5O3S/c1-3-16-42-50(48,49)36-23-31(32(40)24-33(36)41)37(47)44-17-13-38(14-18-44,26-7-6-8-27(39)20-26)15-19-45-28-11-12-29(45)22-30(21-28)46-25(2)43-34-9-4-5-10-35(34)46/h4-10,20,23-24,28-30,42H,3,11-19,21-22H2,1-2H3/t28-,29+,30+. The quantitative estimate of drug-likeness (QED) is 0.194. The molecule has 12 heteroatoms. The van der Waals surface area contributed by atoms with Crippen LogP contribution < -0.4 is 4.72 Å². The second kappa shape index (κ2) is 13.8. The zero-order chi connectivity index (χ0) is 35.2. The number of para-hydroxylation sites is 2. The SMILES string of the molecule is CCCNS(=O)(=O)c1cc(C(=O)N2CCC(CCN3[C@@H]4CC[C@H]3C[C@@H](n3c(C)nc5ccccc53)C4)(c3cccc(F)c3)CC2)c(F)cc1F. The molecule has 8 nitrogen and oxygen atoms in total. The van der Waals surface area contributed by atoms with E-state index in [0.717, 1.165) is 61.6 Å². The number of hydrogen-bond acceptors (Lipinski definition) is 5. The summed E-state index contributed by atoms with van der Waals surface area (Å²) in [7, 11) is -4.27. The van der Waals surface area contributed by atoms with E-state index in [2.05, 4.69) is 39.3 Å². The van der Waals surface area contributed by atoms with Crippen molar-refractivity contribution in [1.82, 2.24) is 24.1 Å². The molecule has 1 aromatic heterocycles. The maximum Gasteiger partial charge on any atom is 0.256 e. The first-order chi connectivity index (χ1) is 24.0. The largest absolute Gasteiger partial charge is 0.338 e. The summed E-state index contributed by atoms with van der Waals surface area (Å²) in [5, 5.41) is 0. The van der Waals surface area contributed by atoms with E-state index < -0.39 is 43.4 Å². The Kier molecular flexibility index (Phi) is 9.55. The van der Waals surface area contributed by atoms with Crippen LogP contribution in [0.1, 0.15) is 86.1 Å². The topological polar surface area (TPSA) is 87.5 Å². The fraction of sp³-hybridized carbons (Fsp3) is 0.474. The van der Waals surface area contributed by atoms with E-state index in [4.69, 9.17) is 4.98 Å². The molecule has 3 atom stereocenters. The lowest BCUT2D eigenvalue weighted by molar-refractivity contribution is 0.0602. The number of amides is 1. The molecule has 2 bridgehead atoms. The van der Waals surface area contributed by atoms with Crippen molar-refractivity contribution >= 4 is 27.0 Å². The number of sulfonamides is 1. The number of rotatable bonds is 10. The Morgan fingerprint density at radius 1 is 0.940 bits per heavy atom. The van der Waals surface area contributed by atoms with Crippen molar-refractivity contribution in [2.24, 2.45) is 0 Å². The van der Waals surface area contributed by atoms with Crippen LogP contribution >= 0.6 is 0 Å². The van der Waals surface area contributed by atoms with Gasteiger partial charge in [0.25, 0.3) is 5.91 Å². The number of nitrogens with one attached hydrogen (secondary N) is 1. The Bertz CT molecular complexity index is 2000. The fourth-order valence-corrected chi connectivity index (χ4v) is 10.0. The van der Waals surface area contributed by atoms with Gasteiger partial charge in [-0.15, -0.1) is 0 Å². The number of fused-ring (bicyclic) bond motifs is 3. The monoisotopic (exact) mass is 707 g/mol. The number of hydrogen-bond donors (Lipinski definition) is 1. The fourth-order valence-electron chi connectivity index (χ4n) is 8.81. The predicted molar refractivity (Wildman–Crippen MR) is 186 cm³/mol. The molecule has 3 saturated heterocycles. The number of carbonyl (C=O) groups is 1. The Balaban J connectivity index is 1.08. The van der Waals surface area contributed by atoms with Crippen molar-refractivity contribution in [2.45, 2.75) is 93.7 Å². The van der Waals surface area contributed by atoms with Gasteiger partial charge in [0.15, 0.2) is 0 Å². The van der Waals surface area contributed by atoms with Gasteiger partial charge in [-0.2, -0.15) is 0 Å². The van der Waals surface area contributed by atoms with Crippen LogP contribution in [0.2, 0.25) is 0 Å². The third-order valence-corrected chi connectivity index (χ3v) is 12.8. The summed E-state index contributed by atoms with van der Waals surface area (Å²) in [6.07, 6.45) is 6.68. The van der Waals surface area contributed by atoms with Gasteiger partial charge in [0.05, 0.1) is 16.6 Å². The molecule has 3 aliphatic heterocycles. The molecule has 4 heterocycles. The summed E-state index contributed by atoms with van der Waals surface area (Å²) < 4.78 is 74.4. The molecule has 3 aromatic carbocycles. The number of aromatic nitrogens is 2. The molecular weight excluding hydrogens is 664 g/mol. The number of imidazole rings is 1. The summed E-state index contributed by atoms with van der Waals surface area (Å²) in [5.74, 6) is -2.32. The van der Waals surface area contributed by atoms with Gasteiger partial charge in [0.1, 0.15) is 28.2 Å². The summed E-state index contributed by atoms with van der Waals surface area (Å²) >= 11 is 0. The zero-order valence-corrected chi connectivity index (χ0v) is 29.4. The maximum absolute atomic E-state index is 15.0. The summed E-state index contributed by atoms with van der Waals surface area (Å²) in [4.78, 5) is 21.8. The van der Waals surface area contributed by atoms with Crippen LogP contribution in [0.4, 0.5) is 13.2 Å². The van der Waals surface area contributed by atoms with Gasteiger partial charge >= 0.3 is 0 Å². The molecule has 50 heavy (non-hydrogen) atoms. The van der Waals surface area contributed by atoms with Gasteiger partial charge in [-0.05, 0) is 106 Å². The van der Waals surface area contributed by atoms with Crippen molar-refractivity contribution in [3.63, 3.8) is 0 Å². The Labute approximate surface area is 291 Å². The van der Waals surface area contributed by atoms with E-state index in [9.17, 15) is 22.0 Å². The highest BCUT2D eigenvalue weighted by atomic mass is 32.2. The minimum atomic E-state index is -4.27. The van der Waals surface area contributed by atoms with Crippen molar-refractivity contribution in [3.05, 3.63) is 95.1 Å². The van der Waals surface area contributed by atoms with Gasteiger partial charge in [0, 0.05) is 43.8 Å². The molecule has 7 rings (SSSR count). The summed E-state index contributed by atoms with van der Waals surface area (Å²) in [5.41, 5.74) is 2.20. The first kappa shape index (κ1) is 34.7. The van der Waals surface area contributed by atoms with E-state index in [0.29, 0.717) is 43.5 Å². The van der Waals surface area contributed by atoms with Crippen LogP contribution in [0, 0.1) is 24.4 Å². The molecule has 3 fully saturated rings. The van der Waals surface area contributed by atoms with Crippen LogP contribution in [0.15, 0.2) is 65.6 Å². The summed E-state index contributed by atoms with van der Waals surface area (Å²) in [6.45, 7) is 5.31. The first-order valence-electron chi connectivity index (χ1n) is 17.7. The highest BCUT2D eigenvalue weighted by molar-refractivity contribution is 7.89. The number of benzene rings is 3.